The van der Waals surface area contributed by atoms with Crippen molar-refractivity contribution in [2.75, 3.05) is 99.1 Å². The Morgan fingerprint density at radius 1 is 0.531 bits per heavy atom. The Morgan fingerprint density at radius 3 is 1.09 bits per heavy atom. The third-order valence-corrected chi connectivity index (χ3v) is 3.57. The van der Waals surface area contributed by atoms with E-state index >= 15 is 0 Å². The summed E-state index contributed by atoms with van der Waals surface area (Å²) in [6, 6.07) is 0. The van der Waals surface area contributed by atoms with Crippen LogP contribution in [0.25, 0.3) is 0 Å². The van der Waals surface area contributed by atoms with Gasteiger partial charge in [-0.2, -0.15) is 13.2 Å². The van der Waals surface area contributed by atoms with Gasteiger partial charge in [-0.1, -0.05) is 13.3 Å². The maximum absolute atomic E-state index is 11.9. The molecule has 0 saturated heterocycles. The second-order valence-corrected chi connectivity index (χ2v) is 6.27. The first-order chi connectivity index (χ1) is 15.5. The maximum atomic E-state index is 11.9. The van der Waals surface area contributed by atoms with Crippen LogP contribution < -0.4 is 0 Å². The summed E-state index contributed by atoms with van der Waals surface area (Å²) in [7, 11) is 0. The van der Waals surface area contributed by atoms with Crippen molar-refractivity contribution in [3.05, 3.63) is 0 Å². The van der Waals surface area contributed by atoms with Crippen molar-refractivity contribution in [3.8, 4) is 0 Å². The Labute approximate surface area is 187 Å². The zero-order valence-electron chi connectivity index (χ0n) is 18.8. The third-order valence-electron chi connectivity index (χ3n) is 3.57. The fourth-order valence-corrected chi connectivity index (χ4v) is 1.94. The van der Waals surface area contributed by atoms with E-state index in [9.17, 15) is 18.0 Å². The molecule has 192 valence electrons. The first kappa shape index (κ1) is 31.0. The van der Waals surface area contributed by atoms with Gasteiger partial charge in [0.15, 0.2) is 0 Å². The van der Waals surface area contributed by atoms with Crippen LogP contribution in [0, 0.1) is 0 Å². The number of unbranched alkanes of at least 4 members (excludes halogenated alkanes) is 1. The molecule has 12 heteroatoms. The van der Waals surface area contributed by atoms with Crippen LogP contribution in [0.1, 0.15) is 19.8 Å². The zero-order valence-corrected chi connectivity index (χ0v) is 18.8. The largest absolute Gasteiger partial charge is 0.490 e. The highest BCUT2D eigenvalue weighted by Gasteiger charge is 2.40. The Bertz CT molecular complexity index is 412. The highest BCUT2D eigenvalue weighted by Crippen LogP contribution is 2.16. The van der Waals surface area contributed by atoms with Crippen molar-refractivity contribution in [2.24, 2.45) is 0 Å². The van der Waals surface area contributed by atoms with Gasteiger partial charge >= 0.3 is 12.1 Å². The van der Waals surface area contributed by atoms with Gasteiger partial charge < -0.3 is 37.9 Å². The average molecular weight is 479 g/mol. The number of hydrogen-bond acceptors (Lipinski definition) is 9. The summed E-state index contributed by atoms with van der Waals surface area (Å²) in [6.07, 6.45) is -2.79. The normalized spacial score (nSPS) is 11.8. The molecule has 0 N–H and O–H groups in total. The predicted molar refractivity (Wildman–Crippen MR) is 108 cm³/mol. The third kappa shape index (κ3) is 23.6. The van der Waals surface area contributed by atoms with E-state index in [-0.39, 0.29) is 19.8 Å². The Hall–Kier alpha value is -1.02. The molecule has 0 heterocycles. The molecule has 0 aliphatic heterocycles. The Kier molecular flexibility index (Phi) is 22.4. The monoisotopic (exact) mass is 478 g/mol. The number of carbonyl (C=O) groups excluding carboxylic acids is 1. The topological polar surface area (TPSA) is 90.9 Å². The quantitative estimate of drug-likeness (QED) is 0.153. The summed E-state index contributed by atoms with van der Waals surface area (Å²) in [5, 5.41) is 0. The summed E-state index contributed by atoms with van der Waals surface area (Å²) in [5.74, 6) is -2.23. The minimum Gasteiger partial charge on any atom is -0.457 e. The van der Waals surface area contributed by atoms with Gasteiger partial charge in [-0.05, 0) is 6.42 Å². The van der Waals surface area contributed by atoms with Gasteiger partial charge in [0.25, 0.3) is 0 Å². The zero-order chi connectivity index (χ0) is 23.8. The molecule has 0 aromatic rings. The molecule has 0 amide bonds. The molecule has 0 radical (unpaired) electrons. The second-order valence-electron chi connectivity index (χ2n) is 6.27. The number of carbonyl (C=O) groups is 1. The standard InChI is InChI=1S/C20H37F3O9/c1-2-3-4-25-5-6-26-7-8-27-9-10-28-11-12-29-13-14-30-15-16-31-17-18-32-19(24)20(21,22)23/h2-18H2,1H3. The fraction of sp³-hybridized carbons (Fsp3) is 0.950. The van der Waals surface area contributed by atoms with Gasteiger partial charge in [-0.25, -0.2) is 4.79 Å². The number of halogens is 3. The number of alkyl halides is 3. The van der Waals surface area contributed by atoms with Crippen molar-refractivity contribution in [1.29, 1.82) is 0 Å². The van der Waals surface area contributed by atoms with Crippen molar-refractivity contribution < 1.29 is 55.9 Å². The van der Waals surface area contributed by atoms with Gasteiger partial charge in [0.2, 0.25) is 0 Å². The smallest absolute Gasteiger partial charge is 0.457 e. The van der Waals surface area contributed by atoms with Crippen LogP contribution in [-0.2, 0) is 42.7 Å². The SMILES string of the molecule is CCCCOCCOCCOCCOCCOCCOCCOCCOC(=O)C(F)(F)F. The van der Waals surface area contributed by atoms with E-state index in [0.717, 1.165) is 19.4 Å². The molecule has 0 spiro atoms. The Balaban J connectivity index is 3.09. The molecule has 0 aliphatic carbocycles. The lowest BCUT2D eigenvalue weighted by Crippen LogP contribution is -2.26. The molecule has 0 unspecified atom stereocenters. The highest BCUT2D eigenvalue weighted by molar-refractivity contribution is 5.75. The van der Waals surface area contributed by atoms with Gasteiger partial charge in [0.05, 0.1) is 85.9 Å². The van der Waals surface area contributed by atoms with Crippen LogP contribution in [0.5, 0.6) is 0 Å². The van der Waals surface area contributed by atoms with Crippen molar-refractivity contribution in [3.63, 3.8) is 0 Å². The lowest BCUT2D eigenvalue weighted by molar-refractivity contribution is -0.200. The van der Waals surface area contributed by atoms with Gasteiger partial charge in [-0.3, -0.25) is 0 Å². The molecule has 0 saturated carbocycles. The molecule has 32 heavy (non-hydrogen) atoms. The van der Waals surface area contributed by atoms with Crippen LogP contribution in [-0.4, -0.2) is 111 Å². The highest BCUT2D eigenvalue weighted by atomic mass is 19.4. The van der Waals surface area contributed by atoms with Crippen molar-refractivity contribution in [1.82, 2.24) is 0 Å². The summed E-state index contributed by atoms with van der Waals surface area (Å²) >= 11 is 0. The predicted octanol–water partition coefficient (Wildman–Crippen LogP) is 2.01. The van der Waals surface area contributed by atoms with E-state index in [2.05, 4.69) is 11.7 Å². The van der Waals surface area contributed by atoms with E-state index in [1.54, 1.807) is 0 Å². The molecular formula is C20H37F3O9. The number of ether oxygens (including phenoxy) is 8. The molecule has 0 atom stereocenters. The first-order valence-corrected chi connectivity index (χ1v) is 10.8. The summed E-state index contributed by atoms with van der Waals surface area (Å²) in [4.78, 5) is 10.4. The van der Waals surface area contributed by atoms with Crippen LogP contribution in [0.2, 0.25) is 0 Å². The lowest BCUT2D eigenvalue weighted by atomic mass is 10.4. The van der Waals surface area contributed by atoms with E-state index < -0.39 is 18.8 Å². The minimum atomic E-state index is -4.99. The molecule has 0 aromatic carbocycles. The van der Waals surface area contributed by atoms with Crippen LogP contribution >= 0.6 is 0 Å². The van der Waals surface area contributed by atoms with E-state index in [1.165, 1.54) is 0 Å². The van der Waals surface area contributed by atoms with E-state index in [4.69, 9.17) is 33.2 Å². The van der Waals surface area contributed by atoms with Gasteiger partial charge in [0, 0.05) is 6.61 Å². The number of esters is 1. The fourth-order valence-electron chi connectivity index (χ4n) is 1.94. The molecule has 9 nitrogen and oxygen atoms in total. The number of rotatable bonds is 24. The minimum absolute atomic E-state index is 0.135. The van der Waals surface area contributed by atoms with Crippen LogP contribution in [0.3, 0.4) is 0 Å². The molecule has 0 rings (SSSR count). The average Bonchev–Trinajstić information content (AvgIpc) is 2.76. The van der Waals surface area contributed by atoms with Crippen molar-refractivity contribution in [2.45, 2.75) is 25.9 Å². The molecule has 0 bridgehead atoms. The maximum Gasteiger partial charge on any atom is 0.490 e. The van der Waals surface area contributed by atoms with Gasteiger partial charge in [0.1, 0.15) is 6.61 Å². The van der Waals surface area contributed by atoms with Crippen LogP contribution in [0.15, 0.2) is 0 Å². The van der Waals surface area contributed by atoms with E-state index in [1.807, 2.05) is 0 Å². The lowest BCUT2D eigenvalue weighted by Gasteiger charge is -2.09. The summed E-state index contributed by atoms with van der Waals surface area (Å²) in [6.45, 7) is 7.46. The number of hydrogen-bond donors (Lipinski definition) is 0. The van der Waals surface area contributed by atoms with Crippen LogP contribution in [0.4, 0.5) is 13.2 Å². The molecule has 0 aliphatic rings. The Morgan fingerprint density at radius 2 is 0.812 bits per heavy atom. The summed E-state index contributed by atoms with van der Waals surface area (Å²) < 4.78 is 76.5. The van der Waals surface area contributed by atoms with Crippen molar-refractivity contribution >= 4 is 5.97 Å². The first-order valence-electron chi connectivity index (χ1n) is 10.8. The molecule has 0 fully saturated rings. The van der Waals surface area contributed by atoms with E-state index in [0.29, 0.717) is 66.1 Å². The second kappa shape index (κ2) is 23.1. The molecular weight excluding hydrogens is 441 g/mol. The summed E-state index contributed by atoms with van der Waals surface area (Å²) in [5.41, 5.74) is 0. The van der Waals surface area contributed by atoms with Gasteiger partial charge in [-0.15, -0.1) is 0 Å². The molecule has 0 aromatic heterocycles.